The van der Waals surface area contributed by atoms with Crippen LogP contribution < -0.4 is 27.0 Å². The molecule has 0 radical (unpaired) electrons. The number of hydrogen-bond acceptors (Lipinski definition) is 5. The zero-order valence-corrected chi connectivity index (χ0v) is 19.7. The minimum absolute atomic E-state index is 0.120. The highest BCUT2D eigenvalue weighted by molar-refractivity contribution is 5.91. The van der Waals surface area contributed by atoms with E-state index in [4.69, 9.17) is 0 Å². The van der Waals surface area contributed by atoms with E-state index in [0.29, 0.717) is 16.8 Å². The summed E-state index contributed by atoms with van der Waals surface area (Å²) in [6.07, 6.45) is 1.57. The van der Waals surface area contributed by atoms with Gasteiger partial charge in [0, 0.05) is 44.6 Å². The van der Waals surface area contributed by atoms with Crippen LogP contribution in [0.5, 0.6) is 0 Å². The van der Waals surface area contributed by atoms with Gasteiger partial charge in [0.05, 0.1) is 11.4 Å². The second kappa shape index (κ2) is 8.06. The number of aromatic nitrogens is 3. The van der Waals surface area contributed by atoms with E-state index < -0.39 is 5.69 Å². The van der Waals surface area contributed by atoms with Gasteiger partial charge in [0.1, 0.15) is 11.0 Å². The molecule has 1 N–H and O–H groups in total. The molecule has 34 heavy (non-hydrogen) atoms. The average molecular weight is 458 g/mol. The van der Waals surface area contributed by atoms with Crippen LogP contribution in [0.25, 0.3) is 16.7 Å². The maximum absolute atomic E-state index is 13.7. The quantitative estimate of drug-likeness (QED) is 0.497. The number of anilines is 3. The van der Waals surface area contributed by atoms with Crippen LogP contribution in [-0.4, -0.2) is 27.8 Å². The molecule has 8 nitrogen and oxygen atoms in total. The Morgan fingerprint density at radius 2 is 1.59 bits per heavy atom. The Hall–Kier alpha value is -4.07. The molecule has 0 bridgehead atoms. The summed E-state index contributed by atoms with van der Waals surface area (Å²) in [5.41, 5.74) is 2.97. The highest BCUT2D eigenvalue weighted by atomic mass is 16.2. The molecule has 2 aromatic carbocycles. The van der Waals surface area contributed by atoms with E-state index in [-0.39, 0.29) is 22.8 Å². The van der Waals surface area contributed by atoms with Crippen LogP contribution in [0, 0.1) is 6.92 Å². The smallest absolute Gasteiger partial charge is 0.337 e. The van der Waals surface area contributed by atoms with Crippen LogP contribution in [-0.2, 0) is 7.05 Å². The molecule has 0 aliphatic heterocycles. The molecule has 2 aromatic heterocycles. The topological polar surface area (TPSA) is 81.3 Å². The molecule has 0 spiro atoms. The molecular formula is C26H27N5O3. The standard InChI is InChI=1S/C26H27N5O3/c1-16-5-9-19(10-6-16)30-24-23(25(33)31(26(30)34)20-13-14-20)21(15-22(32)29(24)4)27-17-7-11-18(12-8-17)28(2)3/h5-12,15,20,27H,13-14H2,1-4H3. The Kier molecular flexibility index (Phi) is 5.16. The maximum atomic E-state index is 13.7. The van der Waals surface area contributed by atoms with Gasteiger partial charge in [-0.25, -0.2) is 9.36 Å². The summed E-state index contributed by atoms with van der Waals surface area (Å²) in [7, 11) is 5.51. The van der Waals surface area contributed by atoms with Crippen molar-refractivity contribution in [2.45, 2.75) is 25.8 Å². The molecule has 1 aliphatic rings. The van der Waals surface area contributed by atoms with Crippen molar-refractivity contribution in [1.29, 1.82) is 0 Å². The number of nitrogens with one attached hydrogen (secondary N) is 1. The van der Waals surface area contributed by atoms with Crippen LogP contribution in [0.1, 0.15) is 24.4 Å². The third-order valence-electron chi connectivity index (χ3n) is 6.32. The van der Waals surface area contributed by atoms with Gasteiger partial charge in [-0.1, -0.05) is 17.7 Å². The third kappa shape index (κ3) is 3.61. The van der Waals surface area contributed by atoms with Gasteiger partial charge in [0.2, 0.25) is 0 Å². The summed E-state index contributed by atoms with van der Waals surface area (Å²) < 4.78 is 4.19. The highest BCUT2D eigenvalue weighted by Crippen LogP contribution is 2.33. The van der Waals surface area contributed by atoms with Crippen molar-refractivity contribution < 1.29 is 0 Å². The van der Waals surface area contributed by atoms with Gasteiger partial charge in [0.25, 0.3) is 11.1 Å². The third-order valence-corrected chi connectivity index (χ3v) is 6.32. The van der Waals surface area contributed by atoms with Gasteiger partial charge in [0.15, 0.2) is 0 Å². The lowest BCUT2D eigenvalue weighted by Gasteiger charge is -2.19. The zero-order valence-electron chi connectivity index (χ0n) is 19.7. The molecule has 1 aliphatic carbocycles. The summed E-state index contributed by atoms with van der Waals surface area (Å²) in [6, 6.07) is 16.5. The van der Waals surface area contributed by atoms with Gasteiger partial charge in [-0.3, -0.25) is 18.7 Å². The van der Waals surface area contributed by atoms with E-state index in [1.54, 1.807) is 7.05 Å². The van der Waals surface area contributed by atoms with E-state index in [9.17, 15) is 14.4 Å². The largest absolute Gasteiger partial charge is 0.378 e. The first-order chi connectivity index (χ1) is 16.3. The molecule has 5 rings (SSSR count). The molecule has 1 fully saturated rings. The predicted octanol–water partition coefficient (Wildman–Crippen LogP) is 3.30. The van der Waals surface area contributed by atoms with Gasteiger partial charge in [-0.15, -0.1) is 0 Å². The lowest BCUT2D eigenvalue weighted by atomic mass is 10.2. The van der Waals surface area contributed by atoms with Crippen molar-refractivity contribution in [3.05, 3.63) is 91.4 Å². The molecule has 0 saturated heterocycles. The summed E-state index contributed by atoms with van der Waals surface area (Å²) in [5, 5.41) is 3.57. The predicted molar refractivity (Wildman–Crippen MR) is 136 cm³/mol. The number of pyridine rings is 1. The fraction of sp³-hybridized carbons (Fsp3) is 0.269. The molecule has 0 unspecified atom stereocenters. The molecular weight excluding hydrogens is 430 g/mol. The maximum Gasteiger partial charge on any atom is 0.337 e. The van der Waals surface area contributed by atoms with Crippen LogP contribution in [0.4, 0.5) is 17.1 Å². The normalized spacial score (nSPS) is 13.3. The summed E-state index contributed by atoms with van der Waals surface area (Å²) >= 11 is 0. The monoisotopic (exact) mass is 457 g/mol. The van der Waals surface area contributed by atoms with Crippen molar-refractivity contribution in [2.75, 3.05) is 24.3 Å². The number of nitrogens with zero attached hydrogens (tertiary/aromatic N) is 4. The second-order valence-electron chi connectivity index (χ2n) is 9.08. The van der Waals surface area contributed by atoms with E-state index in [0.717, 1.165) is 29.8 Å². The van der Waals surface area contributed by atoms with Crippen molar-refractivity contribution in [2.24, 2.45) is 7.05 Å². The van der Waals surface area contributed by atoms with Crippen LogP contribution >= 0.6 is 0 Å². The lowest BCUT2D eigenvalue weighted by Crippen LogP contribution is -2.41. The first kappa shape index (κ1) is 21.8. The van der Waals surface area contributed by atoms with Gasteiger partial charge >= 0.3 is 5.69 Å². The first-order valence-electron chi connectivity index (χ1n) is 11.3. The van der Waals surface area contributed by atoms with Gasteiger partial charge in [-0.2, -0.15) is 0 Å². The second-order valence-corrected chi connectivity index (χ2v) is 9.08. The van der Waals surface area contributed by atoms with Crippen LogP contribution in [0.15, 0.2) is 69.0 Å². The van der Waals surface area contributed by atoms with Gasteiger partial charge in [-0.05, 0) is 56.2 Å². The summed E-state index contributed by atoms with van der Waals surface area (Å²) in [6.45, 7) is 1.97. The van der Waals surface area contributed by atoms with E-state index in [2.05, 4.69) is 5.32 Å². The fourth-order valence-corrected chi connectivity index (χ4v) is 4.24. The Labute approximate surface area is 196 Å². The zero-order chi connectivity index (χ0) is 24.1. The Balaban J connectivity index is 1.82. The van der Waals surface area contributed by atoms with Crippen LogP contribution in [0.3, 0.4) is 0 Å². The molecule has 174 valence electrons. The molecule has 0 atom stereocenters. The van der Waals surface area contributed by atoms with Crippen molar-refractivity contribution in [3.63, 3.8) is 0 Å². The Morgan fingerprint density at radius 1 is 0.941 bits per heavy atom. The fourth-order valence-electron chi connectivity index (χ4n) is 4.24. The average Bonchev–Trinajstić information content (AvgIpc) is 3.63. The number of hydrogen-bond donors (Lipinski definition) is 1. The molecule has 0 amide bonds. The minimum atomic E-state index is -0.425. The van der Waals surface area contributed by atoms with E-state index >= 15 is 0 Å². The van der Waals surface area contributed by atoms with E-state index in [1.807, 2.05) is 74.4 Å². The lowest BCUT2D eigenvalue weighted by molar-refractivity contribution is 0.637. The highest BCUT2D eigenvalue weighted by Gasteiger charge is 2.30. The molecule has 1 saturated carbocycles. The van der Waals surface area contributed by atoms with Gasteiger partial charge < -0.3 is 10.2 Å². The Morgan fingerprint density at radius 3 is 2.18 bits per heavy atom. The van der Waals surface area contributed by atoms with Crippen LogP contribution in [0.2, 0.25) is 0 Å². The van der Waals surface area contributed by atoms with Crippen molar-refractivity contribution in [3.8, 4) is 5.69 Å². The van der Waals surface area contributed by atoms with Crippen molar-refractivity contribution in [1.82, 2.24) is 13.7 Å². The summed E-state index contributed by atoms with van der Waals surface area (Å²) in [4.78, 5) is 42.2. The SMILES string of the molecule is Cc1ccc(-n2c(=O)n(C3CC3)c(=O)c3c(Nc4ccc(N(C)C)cc4)cc(=O)n(C)c32)cc1. The number of fused-ring (bicyclic) bond motifs is 1. The van der Waals surface area contributed by atoms with E-state index in [1.165, 1.54) is 19.8 Å². The number of rotatable bonds is 5. The number of aryl methyl sites for hydroxylation is 2. The minimum Gasteiger partial charge on any atom is -0.378 e. The number of benzene rings is 2. The Bertz CT molecular complexity index is 1570. The molecule has 8 heteroatoms. The molecule has 4 aromatic rings. The first-order valence-corrected chi connectivity index (χ1v) is 11.3. The summed E-state index contributed by atoms with van der Waals surface area (Å²) in [5.74, 6) is 0. The molecule has 2 heterocycles. The van der Waals surface area contributed by atoms with Crippen molar-refractivity contribution >= 4 is 28.1 Å².